The van der Waals surface area contributed by atoms with Crippen molar-refractivity contribution in [1.82, 2.24) is 10.6 Å². The lowest BCUT2D eigenvalue weighted by molar-refractivity contribution is 0.108. The zero-order chi connectivity index (χ0) is 18.7. The molecule has 0 aliphatic rings. The maximum absolute atomic E-state index is 5.57. The molecule has 0 atom stereocenters. The van der Waals surface area contributed by atoms with Crippen LogP contribution in [-0.4, -0.2) is 47.0 Å². The number of hydrogen-bond acceptors (Lipinski definition) is 4. The van der Waals surface area contributed by atoms with Gasteiger partial charge in [0.05, 0.1) is 14.2 Å². The van der Waals surface area contributed by atoms with Crippen molar-refractivity contribution in [2.45, 2.75) is 26.8 Å². The molecule has 0 unspecified atom stereocenters. The first-order valence-corrected chi connectivity index (χ1v) is 9.23. The van der Waals surface area contributed by atoms with Gasteiger partial charge < -0.3 is 24.8 Å². The van der Waals surface area contributed by atoms with Crippen molar-refractivity contribution >= 4 is 45.9 Å². The molecular weight excluding hydrogens is 513 g/mol. The number of nitrogens with zero attached hydrogens (tertiary/aromatic N) is 1. The lowest BCUT2D eigenvalue weighted by Crippen LogP contribution is -2.37. The molecule has 0 radical (unpaired) electrons. The van der Waals surface area contributed by atoms with Gasteiger partial charge in [-0.05, 0) is 30.0 Å². The molecule has 0 aliphatic heterocycles. The van der Waals surface area contributed by atoms with E-state index in [-0.39, 0.29) is 24.0 Å². The van der Waals surface area contributed by atoms with Crippen molar-refractivity contribution in [3.05, 3.63) is 22.2 Å². The highest BCUT2D eigenvalue weighted by molar-refractivity contribution is 14.0. The molecule has 0 aromatic heterocycles. The Balaban J connectivity index is 0.00000625. The third-order valence-electron chi connectivity index (χ3n) is 3.43. The lowest BCUT2D eigenvalue weighted by Gasteiger charge is -2.15. The number of guanidine groups is 1. The molecule has 0 amide bonds. The number of ether oxygens (including phenoxy) is 3. The Labute approximate surface area is 182 Å². The Hall–Kier alpha value is -0.740. The van der Waals surface area contributed by atoms with E-state index >= 15 is 0 Å². The fourth-order valence-electron chi connectivity index (χ4n) is 2.13. The molecule has 0 bridgehead atoms. The first-order valence-electron chi connectivity index (χ1n) is 8.44. The summed E-state index contributed by atoms with van der Waals surface area (Å²) in [6.07, 6.45) is 0.938. The molecular formula is C18H31BrIN3O3. The Kier molecular flexibility index (Phi) is 13.9. The second kappa shape index (κ2) is 14.3. The maximum Gasteiger partial charge on any atom is 0.191 e. The van der Waals surface area contributed by atoms with E-state index in [9.17, 15) is 0 Å². The summed E-state index contributed by atoms with van der Waals surface area (Å²) in [7, 11) is 5.01. The van der Waals surface area contributed by atoms with Crippen LogP contribution in [0, 0.1) is 5.92 Å². The molecule has 0 spiro atoms. The number of hydrogen-bond donors (Lipinski definition) is 2. The van der Waals surface area contributed by atoms with E-state index in [0.29, 0.717) is 24.0 Å². The van der Waals surface area contributed by atoms with Crippen LogP contribution in [0.3, 0.4) is 0 Å². The molecule has 0 fully saturated rings. The largest absolute Gasteiger partial charge is 0.493 e. The minimum absolute atomic E-state index is 0. The van der Waals surface area contributed by atoms with Gasteiger partial charge in [-0.2, -0.15) is 0 Å². The zero-order valence-electron chi connectivity index (χ0n) is 16.2. The maximum atomic E-state index is 5.57. The summed E-state index contributed by atoms with van der Waals surface area (Å²) < 4.78 is 17.2. The predicted molar refractivity (Wildman–Crippen MR) is 121 cm³/mol. The van der Waals surface area contributed by atoms with Crippen LogP contribution < -0.4 is 20.1 Å². The first-order chi connectivity index (χ1) is 12.0. The zero-order valence-corrected chi connectivity index (χ0v) is 20.1. The average Bonchev–Trinajstić information content (AvgIpc) is 2.60. The highest BCUT2D eigenvalue weighted by Crippen LogP contribution is 2.33. The van der Waals surface area contributed by atoms with E-state index in [4.69, 9.17) is 14.2 Å². The van der Waals surface area contributed by atoms with Crippen molar-refractivity contribution < 1.29 is 14.2 Å². The molecule has 1 aromatic carbocycles. The van der Waals surface area contributed by atoms with Gasteiger partial charge in [0, 0.05) is 37.8 Å². The molecule has 6 nitrogen and oxygen atoms in total. The summed E-state index contributed by atoms with van der Waals surface area (Å²) in [5.41, 5.74) is 1.06. The van der Waals surface area contributed by atoms with E-state index in [2.05, 4.69) is 45.4 Å². The summed E-state index contributed by atoms with van der Waals surface area (Å²) in [5, 5.41) is 6.58. The number of methoxy groups -OCH3 is 2. The second-order valence-corrected chi connectivity index (χ2v) is 6.83. The SMILES string of the molecule is CN=C(NCCCOCC(C)C)NCc1cc(OC)c(OC)cc1Br.I. The van der Waals surface area contributed by atoms with Crippen LogP contribution in [0.4, 0.5) is 0 Å². The minimum atomic E-state index is 0. The summed E-state index contributed by atoms with van der Waals surface area (Å²) in [6, 6.07) is 3.85. The monoisotopic (exact) mass is 543 g/mol. The Bertz CT molecular complexity index is 557. The van der Waals surface area contributed by atoms with Gasteiger partial charge >= 0.3 is 0 Å². The molecule has 1 rings (SSSR count). The van der Waals surface area contributed by atoms with Crippen molar-refractivity contribution in [1.29, 1.82) is 0 Å². The van der Waals surface area contributed by atoms with E-state index < -0.39 is 0 Å². The predicted octanol–water partition coefficient (Wildman–Crippen LogP) is 3.81. The van der Waals surface area contributed by atoms with Gasteiger partial charge in [0.1, 0.15) is 0 Å². The summed E-state index contributed by atoms with van der Waals surface area (Å²) in [6.45, 7) is 7.28. The normalized spacial score (nSPS) is 11.1. The highest BCUT2D eigenvalue weighted by atomic mass is 127. The Morgan fingerprint density at radius 2 is 1.81 bits per heavy atom. The summed E-state index contributed by atoms with van der Waals surface area (Å²) in [5.74, 6) is 2.72. The number of nitrogens with one attached hydrogen (secondary N) is 2. The molecule has 0 aliphatic carbocycles. The molecule has 26 heavy (non-hydrogen) atoms. The third kappa shape index (κ3) is 9.27. The van der Waals surface area contributed by atoms with Gasteiger partial charge in [0.15, 0.2) is 17.5 Å². The number of halogens is 2. The standard InChI is InChI=1S/C18H30BrN3O3.HI/c1-13(2)12-25-8-6-7-21-18(20-3)22-11-14-9-16(23-4)17(24-5)10-15(14)19;/h9-10,13H,6-8,11-12H2,1-5H3,(H2,20,21,22);1H. The Morgan fingerprint density at radius 1 is 1.15 bits per heavy atom. The number of rotatable bonds is 10. The molecule has 150 valence electrons. The highest BCUT2D eigenvalue weighted by Gasteiger charge is 2.10. The van der Waals surface area contributed by atoms with Gasteiger partial charge in [-0.15, -0.1) is 24.0 Å². The molecule has 0 heterocycles. The minimum Gasteiger partial charge on any atom is -0.493 e. The average molecular weight is 544 g/mol. The molecule has 0 saturated heterocycles. The fourth-order valence-corrected chi connectivity index (χ4v) is 2.59. The van der Waals surface area contributed by atoms with E-state index in [1.54, 1.807) is 21.3 Å². The van der Waals surface area contributed by atoms with Crippen LogP contribution in [0.25, 0.3) is 0 Å². The van der Waals surface area contributed by atoms with Crippen LogP contribution in [-0.2, 0) is 11.3 Å². The molecule has 8 heteroatoms. The van der Waals surface area contributed by atoms with Crippen LogP contribution >= 0.6 is 39.9 Å². The fraction of sp³-hybridized carbons (Fsp3) is 0.611. The van der Waals surface area contributed by atoms with Gasteiger partial charge in [-0.3, -0.25) is 4.99 Å². The third-order valence-corrected chi connectivity index (χ3v) is 4.17. The number of benzene rings is 1. The van der Waals surface area contributed by atoms with Gasteiger partial charge in [0.2, 0.25) is 0 Å². The molecule has 2 N–H and O–H groups in total. The number of aliphatic imine (C=N–C) groups is 1. The molecule has 0 saturated carbocycles. The summed E-state index contributed by atoms with van der Waals surface area (Å²) >= 11 is 3.56. The van der Waals surface area contributed by atoms with Gasteiger partial charge in [-0.25, -0.2) is 0 Å². The van der Waals surface area contributed by atoms with Crippen LogP contribution in [0.1, 0.15) is 25.8 Å². The van der Waals surface area contributed by atoms with Crippen molar-refractivity contribution in [3.8, 4) is 11.5 Å². The van der Waals surface area contributed by atoms with Crippen LogP contribution in [0.2, 0.25) is 0 Å². The van der Waals surface area contributed by atoms with Crippen LogP contribution in [0.5, 0.6) is 11.5 Å². The summed E-state index contributed by atoms with van der Waals surface area (Å²) in [4.78, 5) is 4.24. The smallest absolute Gasteiger partial charge is 0.191 e. The van der Waals surface area contributed by atoms with E-state index in [0.717, 1.165) is 42.2 Å². The van der Waals surface area contributed by atoms with Crippen molar-refractivity contribution in [2.24, 2.45) is 10.9 Å². The topological polar surface area (TPSA) is 64.1 Å². The van der Waals surface area contributed by atoms with Crippen LogP contribution in [0.15, 0.2) is 21.6 Å². The molecule has 1 aromatic rings. The van der Waals surface area contributed by atoms with Gasteiger partial charge in [-0.1, -0.05) is 29.8 Å². The van der Waals surface area contributed by atoms with Gasteiger partial charge in [0.25, 0.3) is 0 Å². The Morgan fingerprint density at radius 3 is 2.38 bits per heavy atom. The first kappa shape index (κ1) is 25.3. The second-order valence-electron chi connectivity index (χ2n) is 5.97. The van der Waals surface area contributed by atoms with Crippen molar-refractivity contribution in [3.63, 3.8) is 0 Å². The van der Waals surface area contributed by atoms with E-state index in [1.807, 2.05) is 12.1 Å². The quantitative estimate of drug-likeness (QED) is 0.203. The lowest BCUT2D eigenvalue weighted by atomic mass is 10.2. The van der Waals surface area contributed by atoms with Crippen molar-refractivity contribution in [2.75, 3.05) is 41.0 Å². The van der Waals surface area contributed by atoms with E-state index in [1.165, 1.54) is 0 Å².